The molecule has 10 heteroatoms. The lowest BCUT2D eigenvalue weighted by molar-refractivity contribution is -0.142. The topological polar surface area (TPSA) is 134 Å². The third-order valence-corrected chi connectivity index (χ3v) is 4.43. The number of aryl methyl sites for hydroxylation is 1. The van der Waals surface area contributed by atoms with Crippen molar-refractivity contribution in [2.24, 2.45) is 5.92 Å². The zero-order chi connectivity index (χ0) is 19.8. The molecule has 0 saturated carbocycles. The molecule has 3 N–H and O–H groups in total. The monoisotopic (exact) mass is 394 g/mol. The molecular formula is C17H22N4O5S. The van der Waals surface area contributed by atoms with Gasteiger partial charge in [0.15, 0.2) is 0 Å². The molecule has 0 aromatic carbocycles. The van der Waals surface area contributed by atoms with E-state index in [2.05, 4.69) is 20.8 Å². The van der Waals surface area contributed by atoms with Crippen molar-refractivity contribution in [3.05, 3.63) is 23.4 Å². The van der Waals surface area contributed by atoms with Gasteiger partial charge in [-0.15, -0.1) is 11.3 Å². The minimum atomic E-state index is -1.10. The Morgan fingerprint density at radius 2 is 2.07 bits per heavy atom. The Balaban J connectivity index is 1.72. The molecule has 146 valence electrons. The van der Waals surface area contributed by atoms with Gasteiger partial charge < -0.3 is 20.3 Å². The van der Waals surface area contributed by atoms with Crippen LogP contribution >= 0.6 is 11.3 Å². The van der Waals surface area contributed by atoms with E-state index < -0.39 is 17.9 Å². The second-order valence-electron chi connectivity index (χ2n) is 6.35. The van der Waals surface area contributed by atoms with E-state index in [1.54, 1.807) is 0 Å². The number of thiophene rings is 1. The van der Waals surface area contributed by atoms with Gasteiger partial charge in [0.05, 0.1) is 11.4 Å². The van der Waals surface area contributed by atoms with Gasteiger partial charge in [0.25, 0.3) is 0 Å². The molecule has 2 rings (SSSR count). The summed E-state index contributed by atoms with van der Waals surface area (Å²) in [4.78, 5) is 39.9. The summed E-state index contributed by atoms with van der Waals surface area (Å²) in [5.74, 6) is -1.08. The summed E-state index contributed by atoms with van der Waals surface area (Å²) < 4.78 is 5.10. The van der Waals surface area contributed by atoms with Gasteiger partial charge in [-0.25, -0.2) is 4.79 Å². The minimum Gasteiger partial charge on any atom is -0.480 e. The van der Waals surface area contributed by atoms with Gasteiger partial charge in [-0.2, -0.15) is 4.98 Å². The van der Waals surface area contributed by atoms with Gasteiger partial charge in [0.2, 0.25) is 23.5 Å². The molecule has 2 amide bonds. The molecule has 0 saturated heterocycles. The molecule has 0 radical (unpaired) electrons. The summed E-state index contributed by atoms with van der Waals surface area (Å²) in [6.45, 7) is 3.45. The molecule has 9 nitrogen and oxygen atoms in total. The first kappa shape index (κ1) is 20.6. The first-order valence-electron chi connectivity index (χ1n) is 8.50. The highest BCUT2D eigenvalue weighted by Crippen LogP contribution is 2.21. The first-order chi connectivity index (χ1) is 12.8. The van der Waals surface area contributed by atoms with Crippen LogP contribution in [-0.2, 0) is 20.8 Å². The van der Waals surface area contributed by atoms with Crippen molar-refractivity contribution >= 4 is 29.1 Å². The number of amides is 2. The molecule has 2 aromatic rings. The van der Waals surface area contributed by atoms with Crippen LogP contribution in [0.1, 0.15) is 32.6 Å². The SMILES string of the molecule is CC(C)C[C@H](NC(=O)CNC(=O)CCc1nc(-c2cccs2)no1)C(=O)O. The summed E-state index contributed by atoms with van der Waals surface area (Å²) in [7, 11) is 0. The maximum atomic E-state index is 11.9. The van der Waals surface area contributed by atoms with Crippen LogP contribution in [0.5, 0.6) is 0 Å². The zero-order valence-electron chi connectivity index (χ0n) is 15.1. The predicted octanol–water partition coefficient (Wildman–Crippen LogP) is 1.46. The van der Waals surface area contributed by atoms with Crippen LogP contribution in [0.4, 0.5) is 0 Å². The molecule has 2 aromatic heterocycles. The van der Waals surface area contributed by atoms with E-state index in [1.165, 1.54) is 11.3 Å². The van der Waals surface area contributed by atoms with Crippen LogP contribution < -0.4 is 10.6 Å². The van der Waals surface area contributed by atoms with Gasteiger partial charge in [0, 0.05) is 12.8 Å². The number of aromatic nitrogens is 2. The summed E-state index contributed by atoms with van der Waals surface area (Å²) >= 11 is 1.48. The lowest BCUT2D eigenvalue weighted by Crippen LogP contribution is -2.46. The van der Waals surface area contributed by atoms with Crippen LogP contribution in [-0.4, -0.2) is 45.6 Å². The summed E-state index contributed by atoms with van der Waals surface area (Å²) in [6, 6.07) is 2.78. The van der Waals surface area contributed by atoms with E-state index in [-0.39, 0.29) is 31.2 Å². The Hall–Kier alpha value is -2.75. The molecule has 1 atom stereocenters. The molecule has 0 bridgehead atoms. The molecule has 0 aliphatic rings. The average molecular weight is 394 g/mol. The molecule has 0 spiro atoms. The fraction of sp³-hybridized carbons (Fsp3) is 0.471. The van der Waals surface area contributed by atoms with Crippen LogP contribution in [0, 0.1) is 5.92 Å². The second kappa shape index (κ2) is 9.81. The number of nitrogens with one attached hydrogen (secondary N) is 2. The van der Waals surface area contributed by atoms with Crippen molar-refractivity contribution < 1.29 is 24.0 Å². The first-order valence-corrected chi connectivity index (χ1v) is 9.38. The highest BCUT2D eigenvalue weighted by molar-refractivity contribution is 7.13. The molecule has 0 aliphatic carbocycles. The molecule has 0 fully saturated rings. The van der Waals surface area contributed by atoms with Crippen LogP contribution in [0.15, 0.2) is 22.0 Å². The van der Waals surface area contributed by atoms with Crippen LogP contribution in [0.3, 0.4) is 0 Å². The Labute approximate surface area is 160 Å². The Morgan fingerprint density at radius 1 is 1.30 bits per heavy atom. The summed E-state index contributed by atoms with van der Waals surface area (Å²) in [5, 5.41) is 19.7. The van der Waals surface area contributed by atoms with E-state index in [1.807, 2.05) is 31.4 Å². The maximum Gasteiger partial charge on any atom is 0.326 e. The molecular weight excluding hydrogens is 372 g/mol. The number of carbonyl (C=O) groups excluding carboxylic acids is 2. The number of carboxylic acid groups (broad SMARTS) is 1. The second-order valence-corrected chi connectivity index (χ2v) is 7.30. The van der Waals surface area contributed by atoms with E-state index in [4.69, 9.17) is 9.63 Å². The number of aliphatic carboxylic acids is 1. The number of carboxylic acids is 1. The van der Waals surface area contributed by atoms with E-state index in [0.717, 1.165) is 4.88 Å². The summed E-state index contributed by atoms with van der Waals surface area (Å²) in [5.41, 5.74) is 0. The quantitative estimate of drug-likeness (QED) is 0.555. The number of hydrogen-bond acceptors (Lipinski definition) is 7. The minimum absolute atomic E-state index is 0.0771. The van der Waals surface area contributed by atoms with Crippen molar-refractivity contribution in [2.75, 3.05) is 6.54 Å². The normalized spacial score (nSPS) is 12.0. The molecule has 2 heterocycles. The lowest BCUT2D eigenvalue weighted by atomic mass is 10.0. The lowest BCUT2D eigenvalue weighted by Gasteiger charge is -2.16. The van der Waals surface area contributed by atoms with Gasteiger partial charge in [-0.1, -0.05) is 25.1 Å². The summed E-state index contributed by atoms with van der Waals surface area (Å²) in [6.07, 6.45) is 0.642. The largest absolute Gasteiger partial charge is 0.480 e. The Bertz CT molecular complexity index is 772. The zero-order valence-corrected chi connectivity index (χ0v) is 15.9. The van der Waals surface area contributed by atoms with Crippen LogP contribution in [0.2, 0.25) is 0 Å². The van der Waals surface area contributed by atoms with E-state index >= 15 is 0 Å². The fourth-order valence-corrected chi connectivity index (χ4v) is 2.94. The number of hydrogen-bond donors (Lipinski definition) is 3. The third-order valence-electron chi connectivity index (χ3n) is 3.56. The highest BCUT2D eigenvalue weighted by atomic mass is 32.1. The van der Waals surface area contributed by atoms with Gasteiger partial charge in [0.1, 0.15) is 6.04 Å². The van der Waals surface area contributed by atoms with Gasteiger partial charge in [-0.3, -0.25) is 9.59 Å². The Kier molecular flexibility index (Phi) is 7.47. The smallest absolute Gasteiger partial charge is 0.326 e. The molecule has 27 heavy (non-hydrogen) atoms. The van der Waals surface area contributed by atoms with E-state index in [9.17, 15) is 14.4 Å². The molecule has 0 unspecified atom stereocenters. The van der Waals surface area contributed by atoms with Crippen molar-refractivity contribution in [3.63, 3.8) is 0 Å². The standard InChI is InChI=1S/C17H22N4O5S/c1-10(2)8-11(17(24)25)19-14(23)9-18-13(22)5-6-15-20-16(21-26-15)12-4-3-7-27-12/h3-4,7,10-11H,5-6,8-9H2,1-2H3,(H,18,22)(H,19,23)(H,24,25)/t11-/m0/s1. The van der Waals surface area contributed by atoms with E-state index in [0.29, 0.717) is 18.1 Å². The number of nitrogens with zero attached hydrogens (tertiary/aromatic N) is 2. The third kappa shape index (κ3) is 6.81. The fourth-order valence-electron chi connectivity index (χ4n) is 2.29. The predicted molar refractivity (Wildman–Crippen MR) is 98.0 cm³/mol. The highest BCUT2D eigenvalue weighted by Gasteiger charge is 2.21. The van der Waals surface area contributed by atoms with Crippen LogP contribution in [0.25, 0.3) is 10.7 Å². The van der Waals surface area contributed by atoms with Crippen molar-refractivity contribution in [3.8, 4) is 10.7 Å². The maximum absolute atomic E-state index is 11.9. The molecule has 0 aliphatic heterocycles. The van der Waals surface area contributed by atoms with Crippen molar-refractivity contribution in [2.45, 2.75) is 39.2 Å². The number of rotatable bonds is 10. The van der Waals surface area contributed by atoms with Crippen molar-refractivity contribution in [1.29, 1.82) is 0 Å². The van der Waals surface area contributed by atoms with Crippen molar-refractivity contribution in [1.82, 2.24) is 20.8 Å². The average Bonchev–Trinajstić information content (AvgIpc) is 3.28. The van der Waals surface area contributed by atoms with Gasteiger partial charge in [-0.05, 0) is 23.8 Å². The number of carbonyl (C=O) groups is 3. The Morgan fingerprint density at radius 3 is 2.70 bits per heavy atom. The van der Waals surface area contributed by atoms with Gasteiger partial charge >= 0.3 is 5.97 Å².